The van der Waals surface area contributed by atoms with Crippen LogP contribution in [0.1, 0.15) is 38.2 Å². The third-order valence-electron chi connectivity index (χ3n) is 4.25. The number of hydrogen-bond donors (Lipinski definition) is 2. The molecule has 0 spiro atoms. The number of hydrogen-bond acceptors (Lipinski definition) is 3. The quantitative estimate of drug-likeness (QED) is 0.836. The summed E-state index contributed by atoms with van der Waals surface area (Å²) < 4.78 is 5.08. The van der Waals surface area contributed by atoms with Gasteiger partial charge >= 0.3 is 11.8 Å². The maximum Gasteiger partial charge on any atom is 0.309 e. The van der Waals surface area contributed by atoms with Gasteiger partial charge in [0.15, 0.2) is 0 Å². The number of nitrogens with one attached hydrogen (secondary N) is 2. The molecule has 0 saturated heterocycles. The average molecular weight is 304 g/mol. The topological polar surface area (TPSA) is 67.4 Å². The third-order valence-corrected chi connectivity index (χ3v) is 4.25. The normalized spacial score (nSPS) is 21.0. The van der Waals surface area contributed by atoms with Crippen LogP contribution in [0, 0.1) is 5.92 Å². The molecule has 1 aliphatic rings. The molecule has 2 amide bonds. The van der Waals surface area contributed by atoms with E-state index in [1.54, 1.807) is 7.11 Å². The number of carbonyl (C=O) groups excluding carboxylic acids is 2. The summed E-state index contributed by atoms with van der Waals surface area (Å²) in [5, 5.41) is 5.50. The molecule has 1 aromatic rings. The lowest BCUT2D eigenvalue weighted by molar-refractivity contribution is -0.140. The first-order valence-corrected chi connectivity index (χ1v) is 7.81. The molecule has 0 bridgehead atoms. The minimum Gasteiger partial charge on any atom is -0.497 e. The largest absolute Gasteiger partial charge is 0.497 e. The smallest absolute Gasteiger partial charge is 0.309 e. The van der Waals surface area contributed by atoms with E-state index in [2.05, 4.69) is 17.6 Å². The number of benzene rings is 1. The van der Waals surface area contributed by atoms with Crippen LogP contribution in [-0.4, -0.2) is 25.0 Å². The summed E-state index contributed by atoms with van der Waals surface area (Å²) >= 11 is 0. The fourth-order valence-corrected chi connectivity index (χ4v) is 2.77. The Balaban J connectivity index is 1.79. The molecular weight excluding hydrogens is 280 g/mol. The van der Waals surface area contributed by atoms with Gasteiger partial charge in [0.05, 0.1) is 7.11 Å². The molecule has 2 N–H and O–H groups in total. The van der Waals surface area contributed by atoms with E-state index < -0.39 is 11.8 Å². The van der Waals surface area contributed by atoms with E-state index in [4.69, 9.17) is 4.74 Å². The van der Waals surface area contributed by atoms with Gasteiger partial charge in [0.2, 0.25) is 0 Å². The van der Waals surface area contributed by atoms with Crippen LogP contribution in [0.4, 0.5) is 0 Å². The molecule has 0 aromatic heterocycles. The standard InChI is InChI=1S/C17H24N2O3/c1-12-5-3-4-6-15(12)19-17(21)16(20)18-11-13-7-9-14(22-2)10-8-13/h7-10,12,15H,3-6,11H2,1-2H3,(H,18,20)(H,19,21)/t12-,15-/m0/s1. The van der Waals surface area contributed by atoms with E-state index in [0.717, 1.165) is 30.6 Å². The second kappa shape index (κ2) is 7.82. The molecule has 2 atom stereocenters. The fourth-order valence-electron chi connectivity index (χ4n) is 2.77. The highest BCUT2D eigenvalue weighted by molar-refractivity contribution is 6.35. The Labute approximate surface area is 131 Å². The first kappa shape index (κ1) is 16.3. The predicted octanol–water partition coefficient (Wildman–Crippen LogP) is 2.01. The van der Waals surface area contributed by atoms with Crippen molar-refractivity contribution in [2.24, 2.45) is 5.92 Å². The highest BCUT2D eigenvalue weighted by Crippen LogP contribution is 2.23. The van der Waals surface area contributed by atoms with Gasteiger partial charge in [-0.05, 0) is 36.5 Å². The minimum atomic E-state index is -0.575. The van der Waals surface area contributed by atoms with Crippen LogP contribution in [0.15, 0.2) is 24.3 Å². The van der Waals surface area contributed by atoms with Crippen molar-refractivity contribution in [2.75, 3.05) is 7.11 Å². The van der Waals surface area contributed by atoms with Crippen LogP contribution in [0.5, 0.6) is 5.75 Å². The Kier molecular flexibility index (Phi) is 5.81. The van der Waals surface area contributed by atoms with Crippen LogP contribution in [0.3, 0.4) is 0 Å². The van der Waals surface area contributed by atoms with Crippen LogP contribution in [-0.2, 0) is 16.1 Å². The number of methoxy groups -OCH3 is 1. The summed E-state index contributed by atoms with van der Waals surface area (Å²) in [5.74, 6) is 0.0899. The van der Waals surface area contributed by atoms with Crippen LogP contribution < -0.4 is 15.4 Å². The summed E-state index contributed by atoms with van der Waals surface area (Å²) in [6, 6.07) is 7.49. The van der Waals surface area contributed by atoms with Gasteiger partial charge < -0.3 is 15.4 Å². The van der Waals surface area contributed by atoms with Crippen molar-refractivity contribution >= 4 is 11.8 Å². The molecule has 1 aromatic carbocycles. The lowest BCUT2D eigenvalue weighted by Gasteiger charge is -2.29. The second-order valence-electron chi connectivity index (χ2n) is 5.87. The van der Waals surface area contributed by atoms with Crippen molar-refractivity contribution in [3.05, 3.63) is 29.8 Å². The number of rotatable bonds is 4. The number of carbonyl (C=O) groups is 2. The van der Waals surface area contributed by atoms with Gasteiger partial charge in [-0.25, -0.2) is 0 Å². The molecular formula is C17H24N2O3. The predicted molar refractivity (Wildman–Crippen MR) is 84.4 cm³/mol. The molecule has 1 fully saturated rings. The SMILES string of the molecule is COc1ccc(CNC(=O)C(=O)N[C@H]2CCCC[C@@H]2C)cc1. The Morgan fingerprint density at radius 2 is 1.82 bits per heavy atom. The van der Waals surface area contributed by atoms with E-state index in [0.29, 0.717) is 12.5 Å². The zero-order valence-electron chi connectivity index (χ0n) is 13.2. The monoisotopic (exact) mass is 304 g/mol. The van der Waals surface area contributed by atoms with Crippen molar-refractivity contribution in [1.82, 2.24) is 10.6 Å². The van der Waals surface area contributed by atoms with Crippen LogP contribution in [0.2, 0.25) is 0 Å². The molecule has 0 radical (unpaired) electrons. The summed E-state index contributed by atoms with van der Waals surface area (Å²) in [6.07, 6.45) is 4.39. The molecule has 0 unspecified atom stereocenters. The van der Waals surface area contributed by atoms with Crippen molar-refractivity contribution in [3.63, 3.8) is 0 Å². The minimum absolute atomic E-state index is 0.119. The van der Waals surface area contributed by atoms with Gasteiger partial charge in [0.1, 0.15) is 5.75 Å². The van der Waals surface area contributed by atoms with Crippen LogP contribution >= 0.6 is 0 Å². The first-order valence-electron chi connectivity index (χ1n) is 7.81. The molecule has 120 valence electrons. The van der Waals surface area contributed by atoms with Gasteiger partial charge in [-0.3, -0.25) is 9.59 Å². The first-order chi connectivity index (χ1) is 10.6. The lowest BCUT2D eigenvalue weighted by atomic mass is 9.86. The lowest BCUT2D eigenvalue weighted by Crippen LogP contribution is -2.47. The van der Waals surface area contributed by atoms with Crippen molar-refractivity contribution in [1.29, 1.82) is 0 Å². The summed E-state index contributed by atoms with van der Waals surface area (Å²) in [4.78, 5) is 23.8. The average Bonchev–Trinajstić information content (AvgIpc) is 2.55. The number of amides is 2. The fraction of sp³-hybridized carbons (Fsp3) is 0.529. The van der Waals surface area contributed by atoms with E-state index in [9.17, 15) is 9.59 Å². The van der Waals surface area contributed by atoms with E-state index >= 15 is 0 Å². The summed E-state index contributed by atoms with van der Waals surface area (Å²) in [6.45, 7) is 2.45. The maximum absolute atomic E-state index is 11.9. The Hall–Kier alpha value is -2.04. The zero-order valence-corrected chi connectivity index (χ0v) is 13.2. The number of ether oxygens (including phenoxy) is 1. The molecule has 5 nitrogen and oxygen atoms in total. The van der Waals surface area contributed by atoms with E-state index in [1.165, 1.54) is 6.42 Å². The van der Waals surface area contributed by atoms with Gasteiger partial charge in [-0.2, -0.15) is 0 Å². The molecule has 22 heavy (non-hydrogen) atoms. The second-order valence-corrected chi connectivity index (χ2v) is 5.87. The molecule has 0 aliphatic heterocycles. The summed E-state index contributed by atoms with van der Waals surface area (Å²) in [5.41, 5.74) is 0.924. The van der Waals surface area contributed by atoms with Gasteiger partial charge in [-0.1, -0.05) is 31.9 Å². The molecule has 1 saturated carbocycles. The zero-order chi connectivity index (χ0) is 15.9. The Bertz CT molecular complexity index is 513. The van der Waals surface area contributed by atoms with Gasteiger partial charge in [0, 0.05) is 12.6 Å². The molecule has 5 heteroatoms. The van der Waals surface area contributed by atoms with Gasteiger partial charge in [0.25, 0.3) is 0 Å². The van der Waals surface area contributed by atoms with Gasteiger partial charge in [-0.15, -0.1) is 0 Å². The molecule has 2 rings (SSSR count). The Morgan fingerprint density at radius 3 is 2.45 bits per heavy atom. The van der Waals surface area contributed by atoms with Crippen LogP contribution in [0.25, 0.3) is 0 Å². The van der Waals surface area contributed by atoms with Crippen molar-refractivity contribution in [3.8, 4) is 5.75 Å². The van der Waals surface area contributed by atoms with Crippen molar-refractivity contribution in [2.45, 2.75) is 45.2 Å². The maximum atomic E-state index is 11.9. The third kappa shape index (κ3) is 4.48. The molecule has 1 aliphatic carbocycles. The van der Waals surface area contributed by atoms with E-state index in [-0.39, 0.29) is 6.04 Å². The highest BCUT2D eigenvalue weighted by atomic mass is 16.5. The van der Waals surface area contributed by atoms with E-state index in [1.807, 2.05) is 24.3 Å². The Morgan fingerprint density at radius 1 is 1.14 bits per heavy atom. The summed E-state index contributed by atoms with van der Waals surface area (Å²) in [7, 11) is 1.60. The molecule has 0 heterocycles. The highest BCUT2D eigenvalue weighted by Gasteiger charge is 2.25. The van der Waals surface area contributed by atoms with Crippen molar-refractivity contribution < 1.29 is 14.3 Å².